The Morgan fingerprint density at radius 2 is 2.11 bits per heavy atom. The first-order valence-corrected chi connectivity index (χ1v) is 9.16. The molecule has 0 spiro atoms. The maximum absolute atomic E-state index is 12.4. The van der Waals surface area contributed by atoms with Crippen LogP contribution in [0.3, 0.4) is 0 Å². The zero-order chi connectivity index (χ0) is 19.2. The van der Waals surface area contributed by atoms with Crippen molar-refractivity contribution in [2.24, 2.45) is 7.05 Å². The maximum Gasteiger partial charge on any atom is 0.251 e. The van der Waals surface area contributed by atoms with Crippen molar-refractivity contribution in [2.75, 3.05) is 11.8 Å². The second kappa shape index (κ2) is 8.59. The molecule has 0 bridgehead atoms. The fourth-order valence-corrected chi connectivity index (χ4v) is 3.07. The standard InChI is InChI=1S/C19H21N5O2S/c1-13-4-5-15(19(25)21-9-14-10-22-24(2)12-14)8-17(13)23-27-16-6-7-18(26-3)20-11-16/h4-8,10-12,23H,9H2,1-3H3,(H,21,25). The molecular weight excluding hydrogens is 362 g/mol. The van der Waals surface area contributed by atoms with Gasteiger partial charge in [0.05, 0.1) is 13.3 Å². The van der Waals surface area contributed by atoms with Gasteiger partial charge in [0.2, 0.25) is 5.88 Å². The van der Waals surface area contributed by atoms with E-state index in [1.807, 2.05) is 44.4 Å². The van der Waals surface area contributed by atoms with Crippen molar-refractivity contribution in [3.63, 3.8) is 0 Å². The van der Waals surface area contributed by atoms with Gasteiger partial charge in [0.25, 0.3) is 5.91 Å². The van der Waals surface area contributed by atoms with E-state index in [4.69, 9.17) is 4.74 Å². The molecule has 2 aromatic heterocycles. The van der Waals surface area contributed by atoms with Crippen molar-refractivity contribution in [1.29, 1.82) is 0 Å². The van der Waals surface area contributed by atoms with Gasteiger partial charge in [-0.3, -0.25) is 9.48 Å². The Morgan fingerprint density at radius 1 is 1.26 bits per heavy atom. The number of carbonyl (C=O) groups excluding carboxylic acids is 1. The van der Waals surface area contributed by atoms with Gasteiger partial charge in [0.15, 0.2) is 0 Å². The summed E-state index contributed by atoms with van der Waals surface area (Å²) in [6, 6.07) is 9.31. The van der Waals surface area contributed by atoms with E-state index in [0.29, 0.717) is 18.0 Å². The summed E-state index contributed by atoms with van der Waals surface area (Å²) in [5.74, 6) is 0.445. The molecule has 1 aromatic carbocycles. The van der Waals surface area contributed by atoms with Crippen LogP contribution in [0.25, 0.3) is 0 Å². The molecule has 0 aliphatic heterocycles. The number of hydrogen-bond acceptors (Lipinski definition) is 6. The van der Waals surface area contributed by atoms with E-state index in [0.717, 1.165) is 21.7 Å². The van der Waals surface area contributed by atoms with E-state index < -0.39 is 0 Å². The molecule has 2 heterocycles. The summed E-state index contributed by atoms with van der Waals surface area (Å²) in [6.07, 6.45) is 5.35. The Hall–Kier alpha value is -3.00. The Bertz CT molecular complexity index is 924. The third kappa shape index (κ3) is 5.01. The average Bonchev–Trinajstić information content (AvgIpc) is 3.11. The number of hydrogen-bond donors (Lipinski definition) is 2. The minimum absolute atomic E-state index is 0.127. The molecule has 0 aliphatic carbocycles. The number of nitrogens with one attached hydrogen (secondary N) is 2. The SMILES string of the molecule is COc1ccc(SNc2cc(C(=O)NCc3cnn(C)c3)ccc2C)cn1. The van der Waals surface area contributed by atoms with E-state index in [-0.39, 0.29) is 5.91 Å². The third-order valence-corrected chi connectivity index (χ3v) is 4.71. The van der Waals surface area contributed by atoms with E-state index in [1.54, 1.807) is 30.3 Å². The monoisotopic (exact) mass is 383 g/mol. The lowest BCUT2D eigenvalue weighted by Crippen LogP contribution is -2.22. The molecule has 3 rings (SSSR count). The van der Waals surface area contributed by atoms with Crippen LogP contribution in [-0.4, -0.2) is 27.8 Å². The first-order valence-electron chi connectivity index (χ1n) is 8.34. The van der Waals surface area contributed by atoms with Crippen molar-refractivity contribution in [1.82, 2.24) is 20.1 Å². The van der Waals surface area contributed by atoms with Crippen molar-refractivity contribution >= 4 is 23.5 Å². The smallest absolute Gasteiger partial charge is 0.251 e. The maximum atomic E-state index is 12.4. The number of anilines is 1. The number of carbonyl (C=O) groups is 1. The van der Waals surface area contributed by atoms with Crippen molar-refractivity contribution in [2.45, 2.75) is 18.4 Å². The van der Waals surface area contributed by atoms with Gasteiger partial charge in [-0.05, 0) is 42.6 Å². The number of aryl methyl sites for hydroxylation is 2. The number of ether oxygens (including phenoxy) is 1. The van der Waals surface area contributed by atoms with Gasteiger partial charge in [-0.15, -0.1) is 0 Å². The fourth-order valence-electron chi connectivity index (χ4n) is 2.38. The van der Waals surface area contributed by atoms with Gasteiger partial charge in [-0.2, -0.15) is 5.10 Å². The van der Waals surface area contributed by atoms with E-state index in [9.17, 15) is 4.79 Å². The highest BCUT2D eigenvalue weighted by Gasteiger charge is 2.09. The fraction of sp³-hybridized carbons (Fsp3) is 0.211. The zero-order valence-electron chi connectivity index (χ0n) is 15.4. The summed E-state index contributed by atoms with van der Waals surface area (Å²) < 4.78 is 10.0. The lowest BCUT2D eigenvalue weighted by Gasteiger charge is -2.11. The Labute approximate surface area is 162 Å². The minimum Gasteiger partial charge on any atom is -0.481 e. The molecule has 0 aliphatic rings. The molecule has 0 saturated carbocycles. The molecule has 0 unspecified atom stereocenters. The molecular formula is C19H21N5O2S. The van der Waals surface area contributed by atoms with Crippen LogP contribution in [0.4, 0.5) is 5.69 Å². The van der Waals surface area contributed by atoms with E-state index in [1.165, 1.54) is 11.9 Å². The Balaban J connectivity index is 1.63. The average molecular weight is 383 g/mol. The molecule has 0 radical (unpaired) electrons. The summed E-state index contributed by atoms with van der Waals surface area (Å²) in [4.78, 5) is 17.6. The van der Waals surface area contributed by atoms with Gasteiger partial charge >= 0.3 is 0 Å². The van der Waals surface area contributed by atoms with Crippen LogP contribution in [0.5, 0.6) is 5.88 Å². The summed E-state index contributed by atoms with van der Waals surface area (Å²) in [6.45, 7) is 2.43. The van der Waals surface area contributed by atoms with Crippen LogP contribution < -0.4 is 14.8 Å². The zero-order valence-corrected chi connectivity index (χ0v) is 16.2. The predicted octanol–water partition coefficient (Wildman–Crippen LogP) is 3.18. The summed E-state index contributed by atoms with van der Waals surface area (Å²) in [7, 11) is 3.43. The second-order valence-corrected chi connectivity index (χ2v) is 6.85. The first-order chi connectivity index (χ1) is 13.0. The first kappa shape index (κ1) is 18.8. The highest BCUT2D eigenvalue weighted by molar-refractivity contribution is 8.00. The van der Waals surface area contributed by atoms with Crippen LogP contribution in [-0.2, 0) is 13.6 Å². The van der Waals surface area contributed by atoms with Gasteiger partial charge in [0, 0.05) is 53.8 Å². The van der Waals surface area contributed by atoms with Crippen LogP contribution in [0.1, 0.15) is 21.5 Å². The van der Waals surface area contributed by atoms with Crippen LogP contribution >= 0.6 is 11.9 Å². The number of aromatic nitrogens is 3. The van der Waals surface area contributed by atoms with Gasteiger partial charge in [-0.25, -0.2) is 4.98 Å². The number of methoxy groups -OCH3 is 1. The van der Waals surface area contributed by atoms with Crippen LogP contribution in [0.2, 0.25) is 0 Å². The normalized spacial score (nSPS) is 10.5. The van der Waals surface area contributed by atoms with E-state index in [2.05, 4.69) is 20.1 Å². The lowest BCUT2D eigenvalue weighted by atomic mass is 10.1. The molecule has 8 heteroatoms. The van der Waals surface area contributed by atoms with Crippen molar-refractivity contribution in [3.05, 3.63) is 65.6 Å². The quantitative estimate of drug-likeness (QED) is 0.610. The van der Waals surface area contributed by atoms with Crippen LogP contribution in [0, 0.1) is 6.92 Å². The van der Waals surface area contributed by atoms with Crippen molar-refractivity contribution < 1.29 is 9.53 Å². The molecule has 140 valence electrons. The molecule has 1 amide bonds. The largest absolute Gasteiger partial charge is 0.481 e. The summed E-state index contributed by atoms with van der Waals surface area (Å²) >= 11 is 1.43. The van der Waals surface area contributed by atoms with Crippen LogP contribution in [0.15, 0.2) is 53.8 Å². The second-order valence-electron chi connectivity index (χ2n) is 5.98. The highest BCUT2D eigenvalue weighted by Crippen LogP contribution is 2.25. The Morgan fingerprint density at radius 3 is 2.78 bits per heavy atom. The number of rotatable bonds is 7. The highest BCUT2D eigenvalue weighted by atomic mass is 32.2. The van der Waals surface area contributed by atoms with E-state index >= 15 is 0 Å². The molecule has 3 aromatic rings. The lowest BCUT2D eigenvalue weighted by molar-refractivity contribution is 0.0951. The molecule has 2 N–H and O–H groups in total. The molecule has 7 nitrogen and oxygen atoms in total. The Kier molecular flexibility index (Phi) is 5.97. The number of amides is 1. The van der Waals surface area contributed by atoms with Gasteiger partial charge in [-0.1, -0.05) is 6.07 Å². The molecule has 0 atom stereocenters. The molecule has 0 saturated heterocycles. The third-order valence-electron chi connectivity index (χ3n) is 3.91. The molecule has 27 heavy (non-hydrogen) atoms. The van der Waals surface area contributed by atoms with Gasteiger partial charge in [0.1, 0.15) is 0 Å². The van der Waals surface area contributed by atoms with Gasteiger partial charge < -0.3 is 14.8 Å². The van der Waals surface area contributed by atoms with Crippen molar-refractivity contribution in [3.8, 4) is 5.88 Å². The topological polar surface area (TPSA) is 81.1 Å². The molecule has 0 fully saturated rings. The summed E-state index contributed by atoms with van der Waals surface area (Å²) in [5.41, 5.74) is 3.48. The number of nitrogens with zero attached hydrogens (tertiary/aromatic N) is 3. The number of pyridine rings is 1. The minimum atomic E-state index is -0.127. The number of benzene rings is 1. The summed E-state index contributed by atoms with van der Waals surface area (Å²) in [5, 5.41) is 7.01. The predicted molar refractivity (Wildman–Crippen MR) is 106 cm³/mol.